The van der Waals surface area contributed by atoms with Crippen molar-refractivity contribution in [1.82, 2.24) is 9.97 Å². The van der Waals surface area contributed by atoms with Gasteiger partial charge in [-0.3, -0.25) is 4.79 Å². The van der Waals surface area contributed by atoms with E-state index in [-0.39, 0.29) is 23.6 Å². The van der Waals surface area contributed by atoms with Crippen LogP contribution in [-0.2, 0) is 11.3 Å². The van der Waals surface area contributed by atoms with Crippen LogP contribution in [0.3, 0.4) is 0 Å². The van der Waals surface area contributed by atoms with Gasteiger partial charge < -0.3 is 9.72 Å². The molecule has 3 rings (SSSR count). The summed E-state index contributed by atoms with van der Waals surface area (Å²) in [6.45, 7) is -0.149. The van der Waals surface area contributed by atoms with Gasteiger partial charge in [0.2, 0.25) is 0 Å². The average molecular weight is 355 g/mol. The highest BCUT2D eigenvalue weighted by Gasteiger charge is 2.11. The summed E-state index contributed by atoms with van der Waals surface area (Å²) >= 11 is 13.0. The molecule has 0 amide bonds. The zero-order chi connectivity index (χ0) is 15.7. The predicted molar refractivity (Wildman–Crippen MR) is 85.8 cm³/mol. The van der Waals surface area contributed by atoms with Crippen LogP contribution >= 0.6 is 34.5 Å². The molecule has 2 heterocycles. The van der Waals surface area contributed by atoms with Gasteiger partial charge in [-0.25, -0.2) is 9.78 Å². The van der Waals surface area contributed by atoms with E-state index in [0.29, 0.717) is 20.3 Å². The molecule has 0 bridgehead atoms. The third-order valence-corrected chi connectivity index (χ3v) is 4.14. The lowest BCUT2D eigenvalue weighted by molar-refractivity contribution is 0.0462. The highest BCUT2D eigenvalue weighted by molar-refractivity contribution is 7.17. The third kappa shape index (κ3) is 3.14. The summed E-state index contributed by atoms with van der Waals surface area (Å²) in [5.41, 5.74) is 0.555. The summed E-state index contributed by atoms with van der Waals surface area (Å²) < 4.78 is 5.66. The lowest BCUT2D eigenvalue weighted by Crippen LogP contribution is -2.13. The number of hydrogen-bond acceptors (Lipinski definition) is 5. The topological polar surface area (TPSA) is 72.0 Å². The van der Waals surface area contributed by atoms with Gasteiger partial charge in [-0.05, 0) is 29.6 Å². The van der Waals surface area contributed by atoms with E-state index in [1.807, 2.05) is 0 Å². The number of halogens is 2. The van der Waals surface area contributed by atoms with Gasteiger partial charge in [-0.1, -0.05) is 23.2 Å². The Morgan fingerprint density at radius 2 is 2.00 bits per heavy atom. The first-order chi connectivity index (χ1) is 10.5. The van der Waals surface area contributed by atoms with Crippen molar-refractivity contribution in [1.29, 1.82) is 0 Å². The standard InChI is InChI=1S/C14H8Cl2N2O3S/c15-8-3-7(4-9(16)5-8)14(20)21-6-11-17-10-1-2-22-12(10)13(19)18-11/h1-5H,6H2,(H,17,18,19). The van der Waals surface area contributed by atoms with Gasteiger partial charge >= 0.3 is 5.97 Å². The van der Waals surface area contributed by atoms with Gasteiger partial charge in [0, 0.05) is 10.0 Å². The number of nitrogens with one attached hydrogen (secondary N) is 1. The van der Waals surface area contributed by atoms with E-state index < -0.39 is 5.97 Å². The maximum atomic E-state index is 12.0. The SMILES string of the molecule is O=C(OCc1nc2ccsc2c(=O)[nH]1)c1cc(Cl)cc(Cl)c1. The van der Waals surface area contributed by atoms with Gasteiger partial charge in [0.15, 0.2) is 0 Å². The molecule has 22 heavy (non-hydrogen) atoms. The second-order valence-corrected chi connectivity index (χ2v) is 6.17. The number of aromatic nitrogens is 2. The largest absolute Gasteiger partial charge is 0.454 e. The molecule has 0 aliphatic carbocycles. The van der Waals surface area contributed by atoms with Crippen LogP contribution in [0.2, 0.25) is 10.0 Å². The van der Waals surface area contributed by atoms with Gasteiger partial charge in [0.05, 0.1) is 11.1 Å². The van der Waals surface area contributed by atoms with Crippen molar-refractivity contribution in [3.05, 3.63) is 61.4 Å². The fourth-order valence-corrected chi connectivity index (χ4v) is 3.13. The minimum absolute atomic E-state index is 0.149. The Balaban J connectivity index is 1.78. The predicted octanol–water partition coefficient (Wildman–Crippen LogP) is 3.65. The molecule has 0 spiro atoms. The van der Waals surface area contributed by atoms with E-state index >= 15 is 0 Å². The zero-order valence-corrected chi connectivity index (χ0v) is 13.3. The molecule has 112 valence electrons. The first-order valence-corrected chi connectivity index (χ1v) is 7.76. The van der Waals surface area contributed by atoms with E-state index in [2.05, 4.69) is 9.97 Å². The van der Waals surface area contributed by atoms with Gasteiger partial charge in [-0.15, -0.1) is 11.3 Å². The number of aromatic amines is 1. The Hall–Kier alpha value is -1.89. The van der Waals surface area contributed by atoms with Crippen molar-refractivity contribution in [2.75, 3.05) is 0 Å². The number of thiophene rings is 1. The molecule has 0 unspecified atom stereocenters. The smallest absolute Gasteiger partial charge is 0.338 e. The maximum Gasteiger partial charge on any atom is 0.338 e. The number of fused-ring (bicyclic) bond motifs is 1. The highest BCUT2D eigenvalue weighted by atomic mass is 35.5. The molecule has 3 aromatic rings. The van der Waals surface area contributed by atoms with Crippen LogP contribution in [0.4, 0.5) is 0 Å². The van der Waals surface area contributed by atoms with Crippen molar-refractivity contribution in [2.45, 2.75) is 6.61 Å². The minimum atomic E-state index is -0.600. The van der Waals surface area contributed by atoms with E-state index in [0.717, 1.165) is 0 Å². The Labute approximate surface area is 138 Å². The van der Waals surface area contributed by atoms with Crippen molar-refractivity contribution in [3.8, 4) is 0 Å². The summed E-state index contributed by atoms with van der Waals surface area (Å²) in [6.07, 6.45) is 0. The Bertz CT molecular complexity index is 900. The Morgan fingerprint density at radius 3 is 2.73 bits per heavy atom. The van der Waals surface area contributed by atoms with Crippen LogP contribution in [0.1, 0.15) is 16.2 Å². The molecule has 0 saturated heterocycles. The normalized spacial score (nSPS) is 10.8. The van der Waals surface area contributed by atoms with Crippen molar-refractivity contribution in [2.24, 2.45) is 0 Å². The molecular formula is C14H8Cl2N2O3S. The Kier molecular flexibility index (Phi) is 4.15. The number of carbonyl (C=O) groups is 1. The number of benzene rings is 1. The number of nitrogens with zero attached hydrogens (tertiary/aromatic N) is 1. The number of rotatable bonds is 3. The van der Waals surface area contributed by atoms with Crippen LogP contribution in [0.15, 0.2) is 34.4 Å². The quantitative estimate of drug-likeness (QED) is 0.728. The molecule has 1 N–H and O–H groups in total. The average Bonchev–Trinajstić information content (AvgIpc) is 2.92. The summed E-state index contributed by atoms with van der Waals surface area (Å²) in [6, 6.07) is 6.16. The number of ether oxygens (including phenoxy) is 1. The van der Waals surface area contributed by atoms with Gasteiger partial charge in [0.25, 0.3) is 5.56 Å². The molecule has 0 saturated carbocycles. The molecule has 0 aliphatic rings. The molecular weight excluding hydrogens is 347 g/mol. The zero-order valence-electron chi connectivity index (χ0n) is 10.9. The lowest BCUT2D eigenvalue weighted by Gasteiger charge is -2.05. The summed E-state index contributed by atoms with van der Waals surface area (Å²) in [4.78, 5) is 30.6. The molecule has 0 aliphatic heterocycles. The second-order valence-electron chi connectivity index (χ2n) is 4.38. The van der Waals surface area contributed by atoms with Crippen molar-refractivity contribution >= 4 is 50.7 Å². The van der Waals surface area contributed by atoms with Crippen LogP contribution in [0, 0.1) is 0 Å². The van der Waals surface area contributed by atoms with Crippen LogP contribution in [-0.4, -0.2) is 15.9 Å². The van der Waals surface area contributed by atoms with E-state index in [9.17, 15) is 9.59 Å². The summed E-state index contributed by atoms with van der Waals surface area (Å²) in [5, 5.41) is 2.45. The van der Waals surface area contributed by atoms with Crippen LogP contribution in [0.25, 0.3) is 10.2 Å². The van der Waals surface area contributed by atoms with Crippen molar-refractivity contribution < 1.29 is 9.53 Å². The highest BCUT2D eigenvalue weighted by Crippen LogP contribution is 2.20. The molecule has 5 nitrogen and oxygen atoms in total. The summed E-state index contributed by atoms with van der Waals surface area (Å²) in [5.74, 6) is -0.324. The van der Waals surface area contributed by atoms with Crippen molar-refractivity contribution in [3.63, 3.8) is 0 Å². The van der Waals surface area contributed by atoms with Gasteiger partial charge in [-0.2, -0.15) is 0 Å². The van der Waals surface area contributed by atoms with E-state index in [1.165, 1.54) is 29.5 Å². The Morgan fingerprint density at radius 1 is 1.27 bits per heavy atom. The third-order valence-electron chi connectivity index (χ3n) is 2.80. The monoisotopic (exact) mass is 354 g/mol. The molecule has 2 aromatic heterocycles. The molecule has 0 fully saturated rings. The first-order valence-electron chi connectivity index (χ1n) is 6.12. The van der Waals surface area contributed by atoms with E-state index in [1.54, 1.807) is 11.4 Å². The second kappa shape index (κ2) is 6.08. The summed E-state index contributed by atoms with van der Waals surface area (Å²) in [7, 11) is 0. The van der Waals surface area contributed by atoms with Crippen LogP contribution < -0.4 is 5.56 Å². The maximum absolute atomic E-state index is 12.0. The molecule has 0 radical (unpaired) electrons. The fraction of sp³-hybridized carbons (Fsp3) is 0.0714. The van der Waals surface area contributed by atoms with Gasteiger partial charge in [0.1, 0.15) is 17.1 Å². The number of H-pyrrole nitrogens is 1. The molecule has 0 atom stereocenters. The number of carbonyl (C=O) groups excluding carboxylic acids is 1. The molecule has 1 aromatic carbocycles. The minimum Gasteiger partial charge on any atom is -0.454 e. The number of hydrogen-bond donors (Lipinski definition) is 1. The molecule has 8 heteroatoms. The fourth-order valence-electron chi connectivity index (χ4n) is 1.88. The first kappa shape index (κ1) is 15.0. The number of esters is 1. The lowest BCUT2D eigenvalue weighted by atomic mass is 10.2. The van der Waals surface area contributed by atoms with E-state index in [4.69, 9.17) is 27.9 Å². The van der Waals surface area contributed by atoms with Crippen LogP contribution in [0.5, 0.6) is 0 Å².